The first kappa shape index (κ1) is 15.4. The van der Waals surface area contributed by atoms with Crippen molar-refractivity contribution in [1.82, 2.24) is 0 Å². The molecule has 0 radical (unpaired) electrons. The molecule has 4 nitrogen and oxygen atoms in total. The van der Waals surface area contributed by atoms with Gasteiger partial charge in [0.05, 0.1) is 22.2 Å². The van der Waals surface area contributed by atoms with Gasteiger partial charge in [0.2, 0.25) is 5.91 Å². The van der Waals surface area contributed by atoms with Crippen molar-refractivity contribution in [3.05, 3.63) is 63.6 Å². The fourth-order valence-corrected chi connectivity index (χ4v) is 2.22. The average molecular weight is 323 g/mol. The zero-order valence-corrected chi connectivity index (χ0v) is 12.4. The Hall–Kier alpha value is -2.04. The molecule has 0 unspecified atom stereocenters. The van der Waals surface area contributed by atoms with E-state index >= 15 is 0 Å². The molecule has 0 aliphatic carbocycles. The number of nitrogens with one attached hydrogen (secondary N) is 1. The van der Waals surface area contributed by atoms with Crippen molar-refractivity contribution in [2.75, 3.05) is 5.32 Å². The van der Waals surface area contributed by atoms with Crippen molar-refractivity contribution in [3.8, 4) is 0 Å². The van der Waals surface area contributed by atoms with Crippen molar-refractivity contribution in [1.29, 1.82) is 0 Å². The maximum absolute atomic E-state index is 12.3. The van der Waals surface area contributed by atoms with E-state index in [2.05, 4.69) is 5.32 Å². The van der Waals surface area contributed by atoms with Gasteiger partial charge in [0.1, 0.15) is 0 Å². The molecule has 6 heteroatoms. The Morgan fingerprint density at radius 1 is 1.05 bits per heavy atom. The standard InChI is InChI=1S/C15H12Cl2N2O2/c16-11-6-3-7-12(14(11)17)19-15(21)10-5-2-1-4-9(10)8-13(18)20/h1-7H,8H2,(H2,18,20)(H,19,21). The van der Waals surface area contributed by atoms with Crippen LogP contribution in [-0.2, 0) is 11.2 Å². The topological polar surface area (TPSA) is 72.2 Å². The highest BCUT2D eigenvalue weighted by molar-refractivity contribution is 6.44. The first-order valence-corrected chi connectivity index (χ1v) is 6.86. The molecule has 21 heavy (non-hydrogen) atoms. The summed E-state index contributed by atoms with van der Waals surface area (Å²) in [6.45, 7) is 0. The van der Waals surface area contributed by atoms with Crippen LogP contribution in [0.15, 0.2) is 42.5 Å². The van der Waals surface area contributed by atoms with E-state index in [1.165, 1.54) is 0 Å². The molecule has 0 fully saturated rings. The number of hydrogen-bond donors (Lipinski definition) is 2. The molecule has 2 amide bonds. The van der Waals surface area contributed by atoms with Crippen molar-refractivity contribution in [3.63, 3.8) is 0 Å². The van der Waals surface area contributed by atoms with Crippen LogP contribution in [0.4, 0.5) is 5.69 Å². The lowest BCUT2D eigenvalue weighted by molar-refractivity contribution is -0.117. The zero-order valence-electron chi connectivity index (χ0n) is 10.9. The minimum absolute atomic E-state index is 0.00707. The summed E-state index contributed by atoms with van der Waals surface area (Å²) in [5.41, 5.74) is 6.51. The molecule has 0 aliphatic rings. The van der Waals surface area contributed by atoms with Gasteiger partial charge in [-0.2, -0.15) is 0 Å². The van der Waals surface area contributed by atoms with E-state index in [-0.39, 0.29) is 17.4 Å². The molecule has 0 atom stereocenters. The largest absolute Gasteiger partial charge is 0.369 e. The molecule has 0 saturated heterocycles. The normalized spacial score (nSPS) is 10.2. The highest BCUT2D eigenvalue weighted by Gasteiger charge is 2.14. The third-order valence-corrected chi connectivity index (χ3v) is 3.65. The fourth-order valence-electron chi connectivity index (χ4n) is 1.87. The van der Waals surface area contributed by atoms with E-state index in [9.17, 15) is 9.59 Å². The molecule has 2 aromatic carbocycles. The SMILES string of the molecule is NC(=O)Cc1ccccc1C(=O)Nc1cccc(Cl)c1Cl. The molecule has 2 rings (SSSR count). The number of nitrogens with two attached hydrogens (primary N) is 1. The molecule has 0 bridgehead atoms. The number of primary amides is 1. The van der Waals surface area contributed by atoms with Gasteiger partial charge in [0.25, 0.3) is 5.91 Å². The Morgan fingerprint density at radius 3 is 2.48 bits per heavy atom. The van der Waals surface area contributed by atoms with Gasteiger partial charge in [0.15, 0.2) is 0 Å². The van der Waals surface area contributed by atoms with Gasteiger partial charge in [0, 0.05) is 5.56 Å². The predicted molar refractivity (Wildman–Crippen MR) is 83.8 cm³/mol. The molecular weight excluding hydrogens is 311 g/mol. The first-order chi connectivity index (χ1) is 9.99. The van der Waals surface area contributed by atoms with Crippen molar-refractivity contribution in [2.45, 2.75) is 6.42 Å². The lowest BCUT2D eigenvalue weighted by Gasteiger charge is -2.11. The fraction of sp³-hybridized carbons (Fsp3) is 0.0667. The van der Waals surface area contributed by atoms with Gasteiger partial charge in [-0.25, -0.2) is 0 Å². The summed E-state index contributed by atoms with van der Waals surface area (Å²) < 4.78 is 0. The van der Waals surface area contributed by atoms with Crippen molar-refractivity contribution >= 4 is 40.7 Å². The molecule has 3 N–H and O–H groups in total. The molecular formula is C15H12Cl2N2O2. The molecule has 0 saturated carbocycles. The lowest BCUT2D eigenvalue weighted by Crippen LogP contribution is -2.19. The van der Waals surface area contributed by atoms with Crippen LogP contribution in [0.25, 0.3) is 0 Å². The Kier molecular flexibility index (Phi) is 4.83. The van der Waals surface area contributed by atoms with E-state index in [4.69, 9.17) is 28.9 Å². The lowest BCUT2D eigenvalue weighted by atomic mass is 10.0. The van der Waals surface area contributed by atoms with Gasteiger partial charge >= 0.3 is 0 Å². The summed E-state index contributed by atoms with van der Waals surface area (Å²) in [6, 6.07) is 11.7. The highest BCUT2D eigenvalue weighted by Crippen LogP contribution is 2.30. The van der Waals surface area contributed by atoms with Crippen molar-refractivity contribution in [2.24, 2.45) is 5.73 Å². The summed E-state index contributed by atoms with van der Waals surface area (Å²) in [6.07, 6.45) is -0.00707. The smallest absolute Gasteiger partial charge is 0.255 e. The quantitative estimate of drug-likeness (QED) is 0.906. The van der Waals surface area contributed by atoms with E-state index in [0.717, 1.165) is 0 Å². The Labute approximate surface area is 131 Å². The van der Waals surface area contributed by atoms with E-state index in [0.29, 0.717) is 21.8 Å². The number of anilines is 1. The van der Waals surface area contributed by atoms with Gasteiger partial charge in [-0.1, -0.05) is 47.5 Å². The van der Waals surface area contributed by atoms with E-state index in [1.54, 1.807) is 42.5 Å². The summed E-state index contributed by atoms with van der Waals surface area (Å²) in [4.78, 5) is 23.4. The number of carbonyl (C=O) groups is 2. The molecule has 0 aromatic heterocycles. The van der Waals surface area contributed by atoms with Crippen LogP contribution in [0.5, 0.6) is 0 Å². The number of hydrogen-bond acceptors (Lipinski definition) is 2. The highest BCUT2D eigenvalue weighted by atomic mass is 35.5. The minimum atomic E-state index is -0.504. The van der Waals surface area contributed by atoms with Crippen LogP contribution >= 0.6 is 23.2 Å². The second kappa shape index (κ2) is 6.61. The number of rotatable bonds is 4. The summed E-state index contributed by atoms with van der Waals surface area (Å²) in [5, 5.41) is 3.28. The number of halogens is 2. The summed E-state index contributed by atoms with van der Waals surface area (Å²) in [7, 11) is 0. The Morgan fingerprint density at radius 2 is 1.76 bits per heavy atom. The Bertz CT molecular complexity index is 702. The first-order valence-electron chi connectivity index (χ1n) is 6.10. The molecule has 2 aromatic rings. The van der Waals surface area contributed by atoms with Gasteiger partial charge in [-0.15, -0.1) is 0 Å². The zero-order chi connectivity index (χ0) is 15.4. The predicted octanol–water partition coefficient (Wildman–Crippen LogP) is 3.27. The third-order valence-electron chi connectivity index (χ3n) is 2.83. The van der Waals surface area contributed by atoms with Crippen LogP contribution in [0, 0.1) is 0 Å². The average Bonchev–Trinajstić information content (AvgIpc) is 2.44. The molecule has 0 heterocycles. The second-order valence-electron chi connectivity index (χ2n) is 4.36. The van der Waals surface area contributed by atoms with Crippen LogP contribution in [0.3, 0.4) is 0 Å². The minimum Gasteiger partial charge on any atom is -0.369 e. The molecule has 0 spiro atoms. The number of carbonyl (C=O) groups excluding carboxylic acids is 2. The van der Waals surface area contributed by atoms with E-state index < -0.39 is 5.91 Å². The number of benzene rings is 2. The Balaban J connectivity index is 2.29. The van der Waals surface area contributed by atoms with Crippen LogP contribution in [0.1, 0.15) is 15.9 Å². The van der Waals surface area contributed by atoms with Crippen LogP contribution in [-0.4, -0.2) is 11.8 Å². The monoisotopic (exact) mass is 322 g/mol. The van der Waals surface area contributed by atoms with Crippen LogP contribution in [0.2, 0.25) is 10.0 Å². The summed E-state index contributed by atoms with van der Waals surface area (Å²) >= 11 is 11.9. The van der Waals surface area contributed by atoms with E-state index in [1.807, 2.05) is 0 Å². The van der Waals surface area contributed by atoms with Gasteiger partial charge in [-0.05, 0) is 23.8 Å². The maximum atomic E-state index is 12.3. The number of amides is 2. The second-order valence-corrected chi connectivity index (χ2v) is 5.14. The van der Waals surface area contributed by atoms with Crippen molar-refractivity contribution < 1.29 is 9.59 Å². The van der Waals surface area contributed by atoms with Gasteiger partial charge < -0.3 is 11.1 Å². The van der Waals surface area contributed by atoms with Gasteiger partial charge in [-0.3, -0.25) is 9.59 Å². The molecule has 0 aliphatic heterocycles. The summed E-state index contributed by atoms with van der Waals surface area (Å²) in [5.74, 6) is -0.882. The third kappa shape index (κ3) is 3.74. The molecule has 108 valence electrons. The maximum Gasteiger partial charge on any atom is 0.255 e. The van der Waals surface area contributed by atoms with Crippen LogP contribution < -0.4 is 11.1 Å².